The average molecular weight is 195 g/mol. The minimum atomic E-state index is -0.123. The number of aryl methyl sites for hydroxylation is 1. The van der Waals surface area contributed by atoms with Crippen LogP contribution in [0.15, 0.2) is 23.1 Å². The van der Waals surface area contributed by atoms with Gasteiger partial charge in [-0.15, -0.1) is 0 Å². The summed E-state index contributed by atoms with van der Waals surface area (Å²) in [6, 6.07) is 3.60. The Morgan fingerprint density at radius 2 is 2.31 bits per heavy atom. The van der Waals surface area contributed by atoms with E-state index in [2.05, 4.69) is 9.97 Å². The third-order valence-corrected chi connectivity index (χ3v) is 2.19. The van der Waals surface area contributed by atoms with Crippen LogP contribution in [0.4, 0.5) is 0 Å². The van der Waals surface area contributed by atoms with Gasteiger partial charge in [-0.1, -0.05) is 11.6 Å². The molecule has 0 unspecified atom stereocenters. The van der Waals surface area contributed by atoms with Crippen molar-refractivity contribution in [1.82, 2.24) is 9.97 Å². The first-order valence-electron chi connectivity index (χ1n) is 3.82. The molecule has 0 aliphatic rings. The van der Waals surface area contributed by atoms with Crippen LogP contribution in [0, 0.1) is 6.92 Å². The molecular weight excluding hydrogens is 188 g/mol. The van der Waals surface area contributed by atoms with E-state index in [1.165, 1.54) is 0 Å². The Morgan fingerprint density at radius 1 is 1.54 bits per heavy atom. The van der Waals surface area contributed by atoms with E-state index in [-0.39, 0.29) is 5.56 Å². The Kier molecular flexibility index (Phi) is 1.81. The summed E-state index contributed by atoms with van der Waals surface area (Å²) in [5.74, 6) is 0. The second-order valence-corrected chi connectivity index (χ2v) is 3.21. The van der Waals surface area contributed by atoms with Crippen molar-refractivity contribution in [2.45, 2.75) is 6.92 Å². The van der Waals surface area contributed by atoms with Crippen LogP contribution in [0.3, 0.4) is 0 Å². The lowest BCUT2D eigenvalue weighted by atomic mass is 10.2. The quantitative estimate of drug-likeness (QED) is 0.651. The standard InChI is InChI=1S/C9H7ClN2O/c1-5-4-6-2-3-11-8(10)7(6)12-9(5)13/h2-4H,1H3,(H,12,13). The largest absolute Gasteiger partial charge is 0.319 e. The van der Waals surface area contributed by atoms with Crippen molar-refractivity contribution in [2.24, 2.45) is 0 Å². The highest BCUT2D eigenvalue weighted by Gasteiger charge is 2.01. The Bertz CT molecular complexity index is 518. The number of aromatic nitrogens is 2. The molecule has 0 radical (unpaired) electrons. The predicted octanol–water partition coefficient (Wildman–Crippen LogP) is 1.88. The third-order valence-electron chi connectivity index (χ3n) is 1.91. The van der Waals surface area contributed by atoms with Gasteiger partial charge >= 0.3 is 0 Å². The number of rotatable bonds is 0. The molecule has 0 atom stereocenters. The first-order chi connectivity index (χ1) is 6.18. The number of hydrogen-bond donors (Lipinski definition) is 1. The molecule has 2 aromatic heterocycles. The fourth-order valence-corrected chi connectivity index (χ4v) is 1.42. The zero-order chi connectivity index (χ0) is 9.42. The number of nitrogens with one attached hydrogen (secondary N) is 1. The van der Waals surface area contributed by atoms with Crippen molar-refractivity contribution in [3.8, 4) is 0 Å². The van der Waals surface area contributed by atoms with E-state index in [0.29, 0.717) is 16.2 Å². The summed E-state index contributed by atoms with van der Waals surface area (Å²) in [6.45, 7) is 1.76. The minimum Gasteiger partial charge on any atom is -0.319 e. The van der Waals surface area contributed by atoms with Gasteiger partial charge in [-0.05, 0) is 19.1 Å². The maximum Gasteiger partial charge on any atom is 0.251 e. The Morgan fingerprint density at radius 3 is 3.08 bits per heavy atom. The summed E-state index contributed by atoms with van der Waals surface area (Å²) < 4.78 is 0. The molecule has 13 heavy (non-hydrogen) atoms. The highest BCUT2D eigenvalue weighted by Crippen LogP contribution is 2.17. The first kappa shape index (κ1) is 8.26. The van der Waals surface area contributed by atoms with Crippen molar-refractivity contribution in [3.63, 3.8) is 0 Å². The maximum absolute atomic E-state index is 11.2. The second-order valence-electron chi connectivity index (χ2n) is 2.85. The Labute approximate surface area is 79.4 Å². The molecular formula is C9H7ClN2O. The van der Waals surface area contributed by atoms with E-state index in [1.807, 2.05) is 6.07 Å². The first-order valence-corrected chi connectivity index (χ1v) is 4.20. The fourth-order valence-electron chi connectivity index (χ4n) is 1.20. The normalized spacial score (nSPS) is 10.6. The van der Waals surface area contributed by atoms with Gasteiger partial charge in [0.25, 0.3) is 5.56 Å². The van der Waals surface area contributed by atoms with Gasteiger partial charge in [0, 0.05) is 17.1 Å². The molecule has 2 aromatic rings. The number of H-pyrrole nitrogens is 1. The van der Waals surface area contributed by atoms with Crippen LogP contribution < -0.4 is 5.56 Å². The molecule has 1 N–H and O–H groups in total. The molecule has 0 amide bonds. The number of fused-ring (bicyclic) bond motifs is 1. The number of aromatic amines is 1. The lowest BCUT2D eigenvalue weighted by Crippen LogP contribution is -2.08. The van der Waals surface area contributed by atoms with Gasteiger partial charge in [0.15, 0.2) is 5.15 Å². The van der Waals surface area contributed by atoms with Crippen molar-refractivity contribution in [3.05, 3.63) is 39.4 Å². The van der Waals surface area contributed by atoms with Crippen LogP contribution in [0.25, 0.3) is 10.9 Å². The second kappa shape index (κ2) is 2.85. The summed E-state index contributed by atoms with van der Waals surface area (Å²) in [5, 5.41) is 1.23. The topological polar surface area (TPSA) is 45.8 Å². The Balaban J connectivity index is 2.97. The molecule has 2 heterocycles. The van der Waals surface area contributed by atoms with Gasteiger partial charge in [0.1, 0.15) is 0 Å². The van der Waals surface area contributed by atoms with E-state index in [1.54, 1.807) is 19.2 Å². The number of nitrogens with zero attached hydrogens (tertiary/aromatic N) is 1. The number of halogens is 1. The van der Waals surface area contributed by atoms with Crippen LogP contribution in [0.1, 0.15) is 5.56 Å². The highest BCUT2D eigenvalue weighted by molar-refractivity contribution is 6.33. The van der Waals surface area contributed by atoms with Crippen molar-refractivity contribution < 1.29 is 0 Å². The summed E-state index contributed by atoms with van der Waals surface area (Å²) >= 11 is 5.80. The van der Waals surface area contributed by atoms with E-state index in [4.69, 9.17) is 11.6 Å². The van der Waals surface area contributed by atoms with Gasteiger partial charge in [-0.3, -0.25) is 4.79 Å². The predicted molar refractivity (Wildman–Crippen MR) is 52.1 cm³/mol. The molecule has 0 bridgehead atoms. The van der Waals surface area contributed by atoms with Gasteiger partial charge < -0.3 is 4.98 Å². The van der Waals surface area contributed by atoms with Crippen molar-refractivity contribution in [1.29, 1.82) is 0 Å². The molecule has 4 heteroatoms. The maximum atomic E-state index is 11.2. The lowest BCUT2D eigenvalue weighted by Gasteiger charge is -1.99. The van der Waals surface area contributed by atoms with E-state index < -0.39 is 0 Å². The molecule has 0 aliphatic heterocycles. The zero-order valence-corrected chi connectivity index (χ0v) is 7.72. The zero-order valence-electron chi connectivity index (χ0n) is 6.97. The molecule has 66 valence electrons. The molecule has 0 spiro atoms. The van der Waals surface area contributed by atoms with Crippen molar-refractivity contribution in [2.75, 3.05) is 0 Å². The SMILES string of the molecule is Cc1cc2ccnc(Cl)c2[nH]c1=O. The van der Waals surface area contributed by atoms with Crippen LogP contribution >= 0.6 is 11.6 Å². The summed E-state index contributed by atoms with van der Waals surface area (Å²) in [6.07, 6.45) is 1.61. The van der Waals surface area contributed by atoms with Crippen LogP contribution in [-0.2, 0) is 0 Å². The smallest absolute Gasteiger partial charge is 0.251 e. The molecule has 2 rings (SSSR count). The average Bonchev–Trinajstić information content (AvgIpc) is 2.09. The Hall–Kier alpha value is -1.35. The molecule has 0 saturated carbocycles. The minimum absolute atomic E-state index is 0.123. The van der Waals surface area contributed by atoms with E-state index in [9.17, 15) is 4.79 Å². The molecule has 0 aliphatic carbocycles. The van der Waals surface area contributed by atoms with Gasteiger partial charge in [0.2, 0.25) is 0 Å². The fraction of sp³-hybridized carbons (Fsp3) is 0.111. The van der Waals surface area contributed by atoms with Crippen LogP contribution in [0.5, 0.6) is 0 Å². The highest BCUT2D eigenvalue weighted by atomic mass is 35.5. The van der Waals surface area contributed by atoms with Crippen molar-refractivity contribution >= 4 is 22.5 Å². The summed E-state index contributed by atoms with van der Waals surface area (Å²) in [7, 11) is 0. The van der Waals surface area contributed by atoms with Gasteiger partial charge in [0.05, 0.1) is 5.52 Å². The summed E-state index contributed by atoms with van der Waals surface area (Å²) in [5.41, 5.74) is 1.15. The third kappa shape index (κ3) is 1.31. The molecule has 0 saturated heterocycles. The monoisotopic (exact) mass is 194 g/mol. The number of hydrogen-bond acceptors (Lipinski definition) is 2. The van der Waals surface area contributed by atoms with Crippen LogP contribution in [-0.4, -0.2) is 9.97 Å². The number of pyridine rings is 2. The van der Waals surface area contributed by atoms with Gasteiger partial charge in [-0.25, -0.2) is 4.98 Å². The molecule has 0 aromatic carbocycles. The van der Waals surface area contributed by atoms with Crippen LogP contribution in [0.2, 0.25) is 5.15 Å². The summed E-state index contributed by atoms with van der Waals surface area (Å²) in [4.78, 5) is 17.8. The van der Waals surface area contributed by atoms with E-state index >= 15 is 0 Å². The molecule has 3 nitrogen and oxygen atoms in total. The van der Waals surface area contributed by atoms with E-state index in [0.717, 1.165) is 5.39 Å². The molecule has 0 fully saturated rings. The van der Waals surface area contributed by atoms with Gasteiger partial charge in [-0.2, -0.15) is 0 Å². The lowest BCUT2D eigenvalue weighted by molar-refractivity contribution is 1.21.